The van der Waals surface area contributed by atoms with E-state index in [9.17, 15) is 4.79 Å². The number of thioether (sulfide) groups is 1. The molecule has 0 fully saturated rings. The summed E-state index contributed by atoms with van der Waals surface area (Å²) >= 11 is 3.34. The van der Waals surface area contributed by atoms with Gasteiger partial charge in [0, 0.05) is 9.77 Å². The van der Waals surface area contributed by atoms with Gasteiger partial charge in [0.15, 0.2) is 0 Å². The topological polar surface area (TPSA) is 45.8 Å². The molecule has 1 N–H and O–H groups in total. The number of hydrogen-bond acceptors (Lipinski definition) is 4. The Morgan fingerprint density at radius 2 is 2.09 bits per heavy atom. The maximum atomic E-state index is 12.3. The molecule has 0 aliphatic heterocycles. The van der Waals surface area contributed by atoms with Crippen molar-refractivity contribution >= 4 is 33.3 Å². The number of fused-ring (bicyclic) bond motifs is 2. The van der Waals surface area contributed by atoms with Crippen LogP contribution in [0.15, 0.2) is 27.9 Å². The predicted molar refractivity (Wildman–Crippen MR) is 97.7 cm³/mol. The van der Waals surface area contributed by atoms with Gasteiger partial charge in [0.05, 0.1) is 11.1 Å². The zero-order chi connectivity index (χ0) is 16.0. The van der Waals surface area contributed by atoms with Gasteiger partial charge in [-0.15, -0.1) is 23.1 Å². The summed E-state index contributed by atoms with van der Waals surface area (Å²) in [7, 11) is 0. The minimum Gasteiger partial charge on any atom is -0.309 e. The van der Waals surface area contributed by atoms with Crippen molar-refractivity contribution in [2.45, 2.75) is 43.8 Å². The van der Waals surface area contributed by atoms with Crippen LogP contribution in [-0.4, -0.2) is 9.97 Å². The summed E-state index contributed by atoms with van der Waals surface area (Å²) in [4.78, 5) is 23.2. The molecule has 1 aromatic carbocycles. The van der Waals surface area contributed by atoms with Crippen molar-refractivity contribution in [1.29, 1.82) is 0 Å². The summed E-state index contributed by atoms with van der Waals surface area (Å²) in [5, 5.41) is 0.749. The minimum atomic E-state index is -0.0126. The van der Waals surface area contributed by atoms with Gasteiger partial charge in [0.2, 0.25) is 0 Å². The zero-order valence-corrected chi connectivity index (χ0v) is 14.9. The van der Waals surface area contributed by atoms with Gasteiger partial charge in [-0.05, 0) is 61.9 Å². The van der Waals surface area contributed by atoms with Crippen molar-refractivity contribution in [3.8, 4) is 0 Å². The third kappa shape index (κ3) is 2.72. The molecular weight excluding hydrogens is 324 g/mol. The molecule has 5 heteroatoms. The first kappa shape index (κ1) is 15.0. The number of H-pyrrole nitrogens is 1. The third-order valence-electron chi connectivity index (χ3n) is 4.53. The SMILES string of the molecule is Cc1sc2nc(CSc3ccc4c(c3)CCC4)[nH]c(=O)c2c1C. The average Bonchev–Trinajstić information content (AvgIpc) is 3.10. The van der Waals surface area contributed by atoms with E-state index in [2.05, 4.69) is 28.2 Å². The fourth-order valence-electron chi connectivity index (χ4n) is 3.16. The molecule has 3 aromatic rings. The van der Waals surface area contributed by atoms with Gasteiger partial charge in [0.25, 0.3) is 5.56 Å². The Morgan fingerprint density at radius 1 is 1.26 bits per heavy atom. The van der Waals surface area contributed by atoms with E-state index >= 15 is 0 Å². The van der Waals surface area contributed by atoms with E-state index in [0.717, 1.165) is 21.6 Å². The van der Waals surface area contributed by atoms with Crippen LogP contribution in [0.25, 0.3) is 10.2 Å². The van der Waals surface area contributed by atoms with Crippen LogP contribution in [0, 0.1) is 13.8 Å². The predicted octanol–water partition coefficient (Wildman–Crippen LogP) is 4.38. The lowest BCUT2D eigenvalue weighted by molar-refractivity contribution is 0.911. The summed E-state index contributed by atoms with van der Waals surface area (Å²) in [6, 6.07) is 6.73. The van der Waals surface area contributed by atoms with Gasteiger partial charge < -0.3 is 4.98 Å². The van der Waals surface area contributed by atoms with Gasteiger partial charge in [-0.3, -0.25) is 4.79 Å². The van der Waals surface area contributed by atoms with E-state index in [1.54, 1.807) is 23.1 Å². The molecule has 4 rings (SSSR count). The Bertz CT molecular complexity index is 956. The molecule has 118 valence electrons. The van der Waals surface area contributed by atoms with Gasteiger partial charge in [-0.2, -0.15) is 0 Å². The van der Waals surface area contributed by atoms with E-state index in [1.165, 1.54) is 40.2 Å². The molecule has 0 unspecified atom stereocenters. The summed E-state index contributed by atoms with van der Waals surface area (Å²) in [6.45, 7) is 4.03. The normalized spacial score (nSPS) is 13.7. The molecule has 0 spiro atoms. The van der Waals surface area contributed by atoms with Crippen LogP contribution in [0.2, 0.25) is 0 Å². The Hall–Kier alpha value is -1.59. The molecule has 2 aromatic heterocycles. The molecular formula is C18H18N2OS2. The minimum absolute atomic E-state index is 0.0126. The summed E-state index contributed by atoms with van der Waals surface area (Å²) in [6.07, 6.45) is 3.67. The molecule has 0 atom stereocenters. The van der Waals surface area contributed by atoms with Crippen LogP contribution >= 0.6 is 23.1 Å². The first-order chi connectivity index (χ1) is 11.1. The maximum Gasteiger partial charge on any atom is 0.259 e. The van der Waals surface area contributed by atoms with Crippen LogP contribution in [0.1, 0.15) is 33.8 Å². The van der Waals surface area contributed by atoms with Gasteiger partial charge in [0.1, 0.15) is 10.7 Å². The lowest BCUT2D eigenvalue weighted by Gasteiger charge is -2.05. The summed E-state index contributed by atoms with van der Waals surface area (Å²) < 4.78 is 0. The van der Waals surface area contributed by atoms with Gasteiger partial charge in [-0.1, -0.05) is 6.07 Å². The smallest absolute Gasteiger partial charge is 0.259 e. The second-order valence-corrected chi connectivity index (χ2v) is 8.30. The summed E-state index contributed by atoms with van der Waals surface area (Å²) in [5.74, 6) is 1.45. The highest BCUT2D eigenvalue weighted by Crippen LogP contribution is 2.30. The van der Waals surface area contributed by atoms with Crippen LogP contribution in [0.3, 0.4) is 0 Å². The van der Waals surface area contributed by atoms with Gasteiger partial charge >= 0.3 is 0 Å². The number of aryl methyl sites for hydroxylation is 4. The van der Waals surface area contributed by atoms with Crippen molar-refractivity contribution in [3.05, 3.63) is 55.9 Å². The largest absolute Gasteiger partial charge is 0.309 e. The number of aromatic nitrogens is 2. The second-order valence-electron chi connectivity index (χ2n) is 6.05. The number of aromatic amines is 1. The summed E-state index contributed by atoms with van der Waals surface area (Å²) in [5.41, 5.74) is 4.02. The van der Waals surface area contributed by atoms with E-state index in [0.29, 0.717) is 5.75 Å². The monoisotopic (exact) mass is 342 g/mol. The maximum absolute atomic E-state index is 12.3. The Labute approximate surface area is 143 Å². The van der Waals surface area contributed by atoms with E-state index in [-0.39, 0.29) is 5.56 Å². The Morgan fingerprint density at radius 3 is 2.96 bits per heavy atom. The highest BCUT2D eigenvalue weighted by Gasteiger charge is 2.13. The fraction of sp³-hybridized carbons (Fsp3) is 0.333. The molecule has 23 heavy (non-hydrogen) atoms. The number of benzene rings is 1. The fourth-order valence-corrected chi connectivity index (χ4v) is 5.04. The Kier molecular flexibility index (Phi) is 3.77. The quantitative estimate of drug-likeness (QED) is 0.718. The van der Waals surface area contributed by atoms with Crippen LogP contribution < -0.4 is 5.56 Å². The van der Waals surface area contributed by atoms with E-state index in [1.807, 2.05) is 13.8 Å². The van der Waals surface area contributed by atoms with Crippen molar-refractivity contribution < 1.29 is 0 Å². The first-order valence-electron chi connectivity index (χ1n) is 7.85. The van der Waals surface area contributed by atoms with Crippen LogP contribution in [0.5, 0.6) is 0 Å². The lowest BCUT2D eigenvalue weighted by Crippen LogP contribution is -2.10. The number of nitrogens with one attached hydrogen (secondary N) is 1. The molecule has 1 aliphatic rings. The van der Waals surface area contributed by atoms with Crippen molar-refractivity contribution in [2.24, 2.45) is 0 Å². The average molecular weight is 342 g/mol. The van der Waals surface area contributed by atoms with Crippen LogP contribution in [-0.2, 0) is 18.6 Å². The lowest BCUT2D eigenvalue weighted by atomic mass is 10.1. The molecule has 2 heterocycles. The zero-order valence-electron chi connectivity index (χ0n) is 13.2. The van der Waals surface area contributed by atoms with Crippen LogP contribution in [0.4, 0.5) is 0 Å². The molecule has 1 aliphatic carbocycles. The molecule has 0 saturated carbocycles. The second kappa shape index (κ2) is 5.80. The highest BCUT2D eigenvalue weighted by atomic mass is 32.2. The number of hydrogen-bond donors (Lipinski definition) is 1. The number of rotatable bonds is 3. The number of nitrogens with zero attached hydrogens (tertiary/aromatic N) is 1. The molecule has 0 saturated heterocycles. The van der Waals surface area contributed by atoms with E-state index in [4.69, 9.17) is 0 Å². The third-order valence-corrected chi connectivity index (χ3v) is 6.64. The molecule has 0 amide bonds. The van der Waals surface area contributed by atoms with E-state index < -0.39 is 0 Å². The molecule has 0 bridgehead atoms. The van der Waals surface area contributed by atoms with Crippen molar-refractivity contribution in [2.75, 3.05) is 0 Å². The molecule has 3 nitrogen and oxygen atoms in total. The standard InChI is InChI=1S/C18H18N2OS2/c1-10-11(2)23-18-16(10)17(21)19-15(20-18)9-22-14-7-6-12-4-3-5-13(12)8-14/h6-8H,3-5,9H2,1-2H3,(H,19,20,21). The Balaban J connectivity index is 1.59. The number of thiophene rings is 1. The van der Waals surface area contributed by atoms with Crippen molar-refractivity contribution in [1.82, 2.24) is 9.97 Å². The van der Waals surface area contributed by atoms with Gasteiger partial charge in [-0.25, -0.2) is 4.98 Å². The highest BCUT2D eigenvalue weighted by molar-refractivity contribution is 7.98. The van der Waals surface area contributed by atoms with Crippen molar-refractivity contribution in [3.63, 3.8) is 0 Å². The molecule has 0 radical (unpaired) electrons. The first-order valence-corrected chi connectivity index (χ1v) is 9.65.